The fraction of sp³-hybridized carbons (Fsp3) is 0.273. The second-order valence-electron chi connectivity index (χ2n) is 4.09. The second-order valence-corrected chi connectivity index (χ2v) is 7.06. The number of hydrazone groups is 1. The number of carbonyl (C=O) groups excluding carboxylic acids is 1. The maximum Gasteiger partial charge on any atom is 0.295 e. The van der Waals surface area contributed by atoms with E-state index in [-0.39, 0.29) is 21.7 Å². The van der Waals surface area contributed by atoms with Crippen LogP contribution in [0, 0.1) is 0 Å². The number of carbonyl (C=O) groups is 1. The number of hydrogen-bond donors (Lipinski definition) is 1. The summed E-state index contributed by atoms with van der Waals surface area (Å²) in [6.45, 7) is 1.90. The van der Waals surface area contributed by atoms with Gasteiger partial charge in [0.15, 0.2) is 0 Å². The maximum atomic E-state index is 11.9. The van der Waals surface area contributed by atoms with E-state index in [0.29, 0.717) is 16.6 Å². The minimum atomic E-state index is -4.34. The van der Waals surface area contributed by atoms with Crippen molar-refractivity contribution in [3.05, 3.63) is 21.1 Å². The van der Waals surface area contributed by atoms with Gasteiger partial charge in [-0.3, -0.25) is 9.35 Å². The molecule has 20 heavy (non-hydrogen) atoms. The van der Waals surface area contributed by atoms with E-state index in [1.54, 1.807) is 0 Å². The molecule has 1 aromatic rings. The normalized spacial score (nSPS) is 15.7. The fourth-order valence-corrected chi connectivity index (χ4v) is 3.91. The van der Waals surface area contributed by atoms with Gasteiger partial charge in [-0.15, -0.1) is 0 Å². The highest BCUT2D eigenvalue weighted by atomic mass is 79.9. The topological polar surface area (TPSA) is 87.0 Å². The van der Waals surface area contributed by atoms with Gasteiger partial charge in [-0.1, -0.05) is 6.92 Å². The molecular formula is C11H10Br2N2O4S. The molecule has 0 saturated heterocycles. The number of amides is 1. The Bertz CT molecular complexity index is 715. The van der Waals surface area contributed by atoms with Crippen LogP contribution >= 0.6 is 31.9 Å². The Balaban J connectivity index is 2.54. The second kappa shape index (κ2) is 5.55. The zero-order chi connectivity index (χ0) is 15.1. The van der Waals surface area contributed by atoms with Crippen molar-refractivity contribution >= 4 is 59.3 Å². The van der Waals surface area contributed by atoms with Crippen molar-refractivity contribution in [1.82, 2.24) is 0 Å². The Morgan fingerprint density at radius 3 is 2.50 bits per heavy atom. The van der Waals surface area contributed by atoms with Gasteiger partial charge in [-0.05, 0) is 50.4 Å². The van der Waals surface area contributed by atoms with E-state index < -0.39 is 10.1 Å². The number of halogens is 2. The third-order valence-electron chi connectivity index (χ3n) is 2.77. The van der Waals surface area contributed by atoms with Gasteiger partial charge in [0, 0.05) is 5.71 Å². The van der Waals surface area contributed by atoms with E-state index in [1.807, 2.05) is 6.92 Å². The van der Waals surface area contributed by atoms with Crippen LogP contribution in [0.4, 0.5) is 5.69 Å². The van der Waals surface area contributed by atoms with Gasteiger partial charge in [-0.25, -0.2) is 0 Å². The summed E-state index contributed by atoms with van der Waals surface area (Å²) in [7, 11) is -4.34. The molecule has 1 aliphatic heterocycles. The van der Waals surface area contributed by atoms with Gasteiger partial charge in [0.25, 0.3) is 16.0 Å². The third-order valence-corrected chi connectivity index (χ3v) is 6.09. The lowest BCUT2D eigenvalue weighted by atomic mass is 10.2. The van der Waals surface area contributed by atoms with Gasteiger partial charge < -0.3 is 0 Å². The van der Waals surface area contributed by atoms with E-state index in [0.717, 1.165) is 5.71 Å². The molecule has 0 unspecified atom stereocenters. The standard InChI is InChI=1S/C11H10Br2N2O4S/c1-2-6-5-9(16)15(14-6)7-3-4-8(20(17,18)19)11(13)10(7)12/h3-4H,2,5H2,1H3,(H,17,18,19). The molecule has 0 atom stereocenters. The van der Waals surface area contributed by atoms with Crippen LogP contribution < -0.4 is 5.01 Å². The van der Waals surface area contributed by atoms with Crippen LogP contribution in [0.5, 0.6) is 0 Å². The van der Waals surface area contributed by atoms with E-state index in [1.165, 1.54) is 17.1 Å². The Hall–Kier alpha value is -0.770. The molecule has 0 radical (unpaired) electrons. The molecule has 1 heterocycles. The number of anilines is 1. The predicted octanol–water partition coefficient (Wildman–Crippen LogP) is 2.96. The van der Waals surface area contributed by atoms with Crippen LogP contribution in [-0.4, -0.2) is 24.6 Å². The number of benzene rings is 1. The molecule has 0 aromatic heterocycles. The average Bonchev–Trinajstić information content (AvgIpc) is 2.72. The lowest BCUT2D eigenvalue weighted by molar-refractivity contribution is -0.116. The van der Waals surface area contributed by atoms with Crippen molar-refractivity contribution in [3.63, 3.8) is 0 Å². The molecule has 9 heteroatoms. The first-order chi connectivity index (χ1) is 9.25. The first-order valence-corrected chi connectivity index (χ1v) is 8.63. The SMILES string of the molecule is CCC1=NN(c2ccc(S(=O)(=O)O)c(Br)c2Br)C(=O)C1. The Morgan fingerprint density at radius 2 is 2.00 bits per heavy atom. The Labute approximate surface area is 132 Å². The van der Waals surface area contributed by atoms with Gasteiger partial charge >= 0.3 is 0 Å². The molecule has 1 amide bonds. The highest BCUT2D eigenvalue weighted by Gasteiger charge is 2.28. The van der Waals surface area contributed by atoms with Crippen molar-refractivity contribution in [1.29, 1.82) is 0 Å². The highest BCUT2D eigenvalue weighted by molar-refractivity contribution is 9.13. The molecule has 6 nitrogen and oxygen atoms in total. The van der Waals surface area contributed by atoms with E-state index in [9.17, 15) is 13.2 Å². The van der Waals surface area contributed by atoms with Crippen LogP contribution in [0.2, 0.25) is 0 Å². The summed E-state index contributed by atoms with van der Waals surface area (Å²) in [5.41, 5.74) is 1.18. The van der Waals surface area contributed by atoms with Gasteiger partial charge in [-0.2, -0.15) is 18.5 Å². The van der Waals surface area contributed by atoms with Gasteiger partial charge in [0.2, 0.25) is 0 Å². The summed E-state index contributed by atoms with van der Waals surface area (Å²) in [6, 6.07) is 2.63. The molecule has 0 saturated carbocycles. The van der Waals surface area contributed by atoms with Crippen molar-refractivity contribution in [2.45, 2.75) is 24.7 Å². The van der Waals surface area contributed by atoms with Crippen LogP contribution in [0.3, 0.4) is 0 Å². The van der Waals surface area contributed by atoms with E-state index in [2.05, 4.69) is 37.0 Å². The van der Waals surface area contributed by atoms with E-state index >= 15 is 0 Å². The first-order valence-electron chi connectivity index (χ1n) is 5.60. The Kier molecular flexibility index (Phi) is 4.33. The molecule has 0 aliphatic carbocycles. The van der Waals surface area contributed by atoms with Gasteiger partial charge in [0.05, 0.1) is 21.1 Å². The van der Waals surface area contributed by atoms with Crippen molar-refractivity contribution in [2.75, 3.05) is 5.01 Å². The quantitative estimate of drug-likeness (QED) is 0.754. The largest absolute Gasteiger partial charge is 0.295 e. The zero-order valence-electron chi connectivity index (χ0n) is 10.3. The molecule has 2 rings (SSSR count). The molecular weight excluding hydrogens is 416 g/mol. The monoisotopic (exact) mass is 424 g/mol. The van der Waals surface area contributed by atoms with Crippen LogP contribution in [0.15, 0.2) is 31.1 Å². The molecule has 108 valence electrons. The fourth-order valence-electron chi connectivity index (χ4n) is 1.75. The molecule has 1 aromatic carbocycles. The summed E-state index contributed by atoms with van der Waals surface area (Å²) in [4.78, 5) is 11.6. The smallest absolute Gasteiger partial charge is 0.282 e. The average molecular weight is 426 g/mol. The third kappa shape index (κ3) is 2.80. The maximum absolute atomic E-state index is 11.9. The van der Waals surface area contributed by atoms with Crippen molar-refractivity contribution in [3.8, 4) is 0 Å². The van der Waals surface area contributed by atoms with Gasteiger partial charge in [0.1, 0.15) is 4.90 Å². The Morgan fingerprint density at radius 1 is 1.35 bits per heavy atom. The summed E-state index contributed by atoms with van der Waals surface area (Å²) in [5, 5.41) is 5.41. The highest BCUT2D eigenvalue weighted by Crippen LogP contribution is 2.39. The predicted molar refractivity (Wildman–Crippen MR) is 81.5 cm³/mol. The summed E-state index contributed by atoms with van der Waals surface area (Å²) in [6.07, 6.45) is 0.921. The zero-order valence-corrected chi connectivity index (χ0v) is 14.3. The van der Waals surface area contributed by atoms with Crippen LogP contribution in [0.1, 0.15) is 19.8 Å². The minimum absolute atomic E-state index is 0.144. The van der Waals surface area contributed by atoms with Crippen LogP contribution in [-0.2, 0) is 14.9 Å². The lowest BCUT2D eigenvalue weighted by Crippen LogP contribution is -2.20. The number of hydrogen-bond acceptors (Lipinski definition) is 4. The lowest BCUT2D eigenvalue weighted by Gasteiger charge is -2.15. The first kappa shape index (κ1) is 15.6. The van der Waals surface area contributed by atoms with Crippen LogP contribution in [0.25, 0.3) is 0 Å². The number of nitrogens with zero attached hydrogens (tertiary/aromatic N) is 2. The molecule has 0 fully saturated rings. The van der Waals surface area contributed by atoms with Crippen molar-refractivity contribution < 1.29 is 17.8 Å². The molecule has 1 aliphatic rings. The summed E-state index contributed by atoms with van der Waals surface area (Å²) in [5.74, 6) is -0.186. The van der Waals surface area contributed by atoms with Crippen molar-refractivity contribution in [2.24, 2.45) is 5.10 Å². The summed E-state index contributed by atoms with van der Waals surface area (Å²) < 4.78 is 32.0. The summed E-state index contributed by atoms with van der Waals surface area (Å²) >= 11 is 6.31. The van der Waals surface area contributed by atoms with E-state index in [4.69, 9.17) is 4.55 Å². The molecule has 0 bridgehead atoms. The minimum Gasteiger partial charge on any atom is -0.282 e. The molecule has 1 N–H and O–H groups in total. The molecule has 0 spiro atoms. The number of rotatable bonds is 3.